The molecule has 47 heavy (non-hydrogen) atoms. The third kappa shape index (κ3) is 34.7. The molecule has 1 N–H and O–H groups in total. The molecular weight excluding hydrogens is 617 g/mol. The van der Waals surface area contributed by atoms with E-state index >= 15 is 0 Å². The lowest BCUT2D eigenvalue weighted by Crippen LogP contribution is -2.37. The minimum absolute atomic E-state index is 0.0362. The van der Waals surface area contributed by atoms with Crippen LogP contribution in [-0.4, -0.2) is 74.9 Å². The molecule has 1 unspecified atom stereocenters. The van der Waals surface area contributed by atoms with Crippen molar-refractivity contribution in [1.29, 1.82) is 0 Å². The van der Waals surface area contributed by atoms with E-state index in [0.29, 0.717) is 17.4 Å². The number of quaternary nitrogens is 1. The van der Waals surface area contributed by atoms with Gasteiger partial charge in [-0.05, 0) is 12.8 Å². The first-order chi connectivity index (χ1) is 22.5. The Hall–Kier alpha value is -0.990. The maximum Gasteiger partial charge on any atom is 0.472 e. The Morgan fingerprint density at radius 2 is 0.957 bits per heavy atom. The normalized spacial score (nSPS) is 13.7. The van der Waals surface area contributed by atoms with Gasteiger partial charge in [-0.2, -0.15) is 0 Å². The Morgan fingerprint density at radius 1 is 0.574 bits per heavy atom. The van der Waals surface area contributed by atoms with Gasteiger partial charge in [-0.1, -0.05) is 149 Å². The average molecular weight is 693 g/mol. The number of phosphoric acid groups is 1. The lowest BCUT2D eigenvalue weighted by atomic mass is 10.0. The van der Waals surface area contributed by atoms with Crippen molar-refractivity contribution in [3.8, 4) is 0 Å². The number of hydrogen-bond donors (Lipinski definition) is 1. The van der Waals surface area contributed by atoms with E-state index in [-0.39, 0.29) is 25.6 Å². The minimum atomic E-state index is -4.35. The van der Waals surface area contributed by atoms with Crippen molar-refractivity contribution in [3.63, 3.8) is 0 Å². The molecule has 0 aliphatic heterocycles. The first kappa shape index (κ1) is 46.0. The molecule has 0 fully saturated rings. The molecule has 0 aliphatic carbocycles. The molecule has 0 amide bonds. The van der Waals surface area contributed by atoms with Crippen molar-refractivity contribution in [3.05, 3.63) is 0 Å². The summed E-state index contributed by atoms with van der Waals surface area (Å²) in [5.41, 5.74) is 0. The molecule has 0 bridgehead atoms. The highest BCUT2D eigenvalue weighted by Crippen LogP contribution is 2.43. The van der Waals surface area contributed by atoms with Gasteiger partial charge < -0.3 is 18.9 Å². The van der Waals surface area contributed by atoms with Crippen molar-refractivity contribution in [1.82, 2.24) is 0 Å². The van der Waals surface area contributed by atoms with Crippen LogP contribution in [0.25, 0.3) is 0 Å². The highest BCUT2D eigenvalue weighted by atomic mass is 31.2. The SMILES string of the molecule is CCCCCCCCCCCCCCCCCC(=O)O[C@H](COC(=O)CCCCCCCCCC)COP(=O)(O)OCC[N+](C)(C)C. The first-order valence-corrected chi connectivity index (χ1v) is 20.8. The molecule has 0 aromatic rings. The van der Waals surface area contributed by atoms with Crippen LogP contribution in [0.4, 0.5) is 0 Å². The second-order valence-electron chi connectivity index (χ2n) is 14.3. The summed E-state index contributed by atoms with van der Waals surface area (Å²) in [4.78, 5) is 35.0. The van der Waals surface area contributed by atoms with Gasteiger partial charge in [-0.25, -0.2) is 4.57 Å². The zero-order valence-electron chi connectivity index (χ0n) is 31.3. The quantitative estimate of drug-likeness (QED) is 0.0303. The van der Waals surface area contributed by atoms with Crippen LogP contribution in [0.3, 0.4) is 0 Å². The Labute approximate surface area is 289 Å². The molecule has 0 aromatic heterocycles. The smallest absolute Gasteiger partial charge is 0.462 e. The Bertz CT molecular complexity index is 789. The standard InChI is InChI=1S/C37H74NO8P/c1-6-8-10-12-14-16-17-18-19-20-21-22-24-26-28-30-37(40)46-35(34-45-47(41,42)44-32-31-38(3,4)5)33-43-36(39)29-27-25-23-15-13-11-9-7-2/h35H,6-34H2,1-5H3/p+1/t35-/m1/s1. The number of phosphoric ester groups is 1. The summed E-state index contributed by atoms with van der Waals surface area (Å²) in [7, 11) is 1.49. The van der Waals surface area contributed by atoms with Crippen LogP contribution >= 0.6 is 7.82 Å². The largest absolute Gasteiger partial charge is 0.472 e. The molecule has 10 heteroatoms. The van der Waals surface area contributed by atoms with Crippen LogP contribution in [0.2, 0.25) is 0 Å². The predicted octanol–water partition coefficient (Wildman–Crippen LogP) is 10.1. The fraction of sp³-hybridized carbons (Fsp3) is 0.946. The third-order valence-electron chi connectivity index (χ3n) is 8.39. The molecule has 0 heterocycles. The van der Waals surface area contributed by atoms with Gasteiger partial charge in [0, 0.05) is 12.8 Å². The van der Waals surface area contributed by atoms with Gasteiger partial charge in [-0.3, -0.25) is 18.6 Å². The Balaban J connectivity index is 4.36. The second kappa shape index (κ2) is 31.0. The number of rotatable bonds is 35. The topological polar surface area (TPSA) is 108 Å². The molecule has 2 atom stereocenters. The van der Waals surface area contributed by atoms with Gasteiger partial charge >= 0.3 is 19.8 Å². The van der Waals surface area contributed by atoms with E-state index < -0.39 is 26.5 Å². The van der Waals surface area contributed by atoms with Gasteiger partial charge in [0.25, 0.3) is 0 Å². The van der Waals surface area contributed by atoms with Crippen LogP contribution in [0.15, 0.2) is 0 Å². The average Bonchev–Trinajstić information content (AvgIpc) is 3.01. The zero-order chi connectivity index (χ0) is 35.1. The van der Waals surface area contributed by atoms with Crippen LogP contribution in [0, 0.1) is 0 Å². The number of carbonyl (C=O) groups excluding carboxylic acids is 2. The summed E-state index contributed by atoms with van der Waals surface area (Å²) in [6.45, 7) is 4.40. The molecule has 280 valence electrons. The predicted molar refractivity (Wildman–Crippen MR) is 192 cm³/mol. The molecule has 0 saturated heterocycles. The third-order valence-corrected chi connectivity index (χ3v) is 9.37. The van der Waals surface area contributed by atoms with Gasteiger partial charge in [0.1, 0.15) is 19.8 Å². The number of likely N-dealkylation sites (N-methyl/N-ethyl adjacent to an activating group) is 1. The van der Waals surface area contributed by atoms with E-state index in [9.17, 15) is 19.0 Å². The highest BCUT2D eigenvalue weighted by Gasteiger charge is 2.27. The zero-order valence-corrected chi connectivity index (χ0v) is 32.2. The molecule has 0 saturated carbocycles. The summed E-state index contributed by atoms with van der Waals surface area (Å²) in [5.74, 6) is -0.794. The van der Waals surface area contributed by atoms with E-state index in [1.165, 1.54) is 109 Å². The molecule has 0 rings (SSSR count). The summed E-state index contributed by atoms with van der Waals surface area (Å²) in [6.07, 6.45) is 27.3. The van der Waals surface area contributed by atoms with E-state index in [1.807, 2.05) is 21.1 Å². The highest BCUT2D eigenvalue weighted by molar-refractivity contribution is 7.47. The maximum atomic E-state index is 12.6. The van der Waals surface area contributed by atoms with Gasteiger partial charge in [-0.15, -0.1) is 0 Å². The van der Waals surface area contributed by atoms with Crippen molar-refractivity contribution < 1.29 is 42.1 Å². The van der Waals surface area contributed by atoms with Gasteiger partial charge in [0.05, 0.1) is 27.7 Å². The van der Waals surface area contributed by atoms with E-state index in [0.717, 1.165) is 38.5 Å². The van der Waals surface area contributed by atoms with Crippen molar-refractivity contribution >= 4 is 19.8 Å². The lowest BCUT2D eigenvalue weighted by Gasteiger charge is -2.24. The number of hydrogen-bond acceptors (Lipinski definition) is 7. The first-order valence-electron chi connectivity index (χ1n) is 19.3. The maximum absolute atomic E-state index is 12.6. The molecule has 0 aliphatic rings. The molecule has 0 spiro atoms. The van der Waals surface area contributed by atoms with Crippen LogP contribution in [0.5, 0.6) is 0 Å². The van der Waals surface area contributed by atoms with Crippen LogP contribution in [0.1, 0.15) is 174 Å². The summed E-state index contributed by atoms with van der Waals surface area (Å²) >= 11 is 0. The lowest BCUT2D eigenvalue weighted by molar-refractivity contribution is -0.870. The Kier molecular flexibility index (Phi) is 30.4. The van der Waals surface area contributed by atoms with Gasteiger partial charge in [0.2, 0.25) is 0 Å². The number of nitrogens with zero attached hydrogens (tertiary/aromatic N) is 1. The Morgan fingerprint density at radius 3 is 1.36 bits per heavy atom. The number of ether oxygens (including phenoxy) is 2. The molecule has 0 aromatic carbocycles. The van der Waals surface area contributed by atoms with Crippen molar-refractivity contribution in [2.24, 2.45) is 0 Å². The van der Waals surface area contributed by atoms with E-state index in [2.05, 4.69) is 13.8 Å². The minimum Gasteiger partial charge on any atom is -0.462 e. The monoisotopic (exact) mass is 693 g/mol. The number of carbonyl (C=O) groups is 2. The van der Waals surface area contributed by atoms with Crippen molar-refractivity contribution in [2.45, 2.75) is 180 Å². The van der Waals surface area contributed by atoms with E-state index in [4.69, 9.17) is 18.5 Å². The van der Waals surface area contributed by atoms with Crippen LogP contribution < -0.4 is 0 Å². The molecule has 9 nitrogen and oxygen atoms in total. The number of unbranched alkanes of at least 4 members (excludes halogenated alkanes) is 21. The molecular formula is C37H75NO8P+. The van der Waals surface area contributed by atoms with Crippen molar-refractivity contribution in [2.75, 3.05) is 47.5 Å². The summed E-state index contributed by atoms with van der Waals surface area (Å²) < 4.78 is 34.1. The summed E-state index contributed by atoms with van der Waals surface area (Å²) in [6, 6.07) is 0. The van der Waals surface area contributed by atoms with E-state index in [1.54, 1.807) is 0 Å². The summed E-state index contributed by atoms with van der Waals surface area (Å²) in [5, 5.41) is 0. The molecule has 0 radical (unpaired) electrons. The fourth-order valence-electron chi connectivity index (χ4n) is 5.31. The number of esters is 2. The van der Waals surface area contributed by atoms with Crippen LogP contribution in [-0.2, 0) is 32.7 Å². The second-order valence-corrected chi connectivity index (χ2v) is 15.8. The van der Waals surface area contributed by atoms with Gasteiger partial charge in [0.15, 0.2) is 6.10 Å². The fourth-order valence-corrected chi connectivity index (χ4v) is 6.05.